The molecule has 0 saturated carbocycles. The molecule has 1 aliphatic heterocycles. The molecule has 6 nitrogen and oxygen atoms in total. The molecule has 1 atom stereocenters. The number of nitrogens with zero attached hydrogens (tertiary/aromatic N) is 3. The van der Waals surface area contributed by atoms with Crippen molar-refractivity contribution < 1.29 is 9.53 Å². The number of hydrogen-bond donors (Lipinski definition) is 1. The van der Waals surface area contributed by atoms with Crippen molar-refractivity contribution in [2.75, 3.05) is 32.8 Å². The van der Waals surface area contributed by atoms with Gasteiger partial charge in [0, 0.05) is 49.0 Å². The summed E-state index contributed by atoms with van der Waals surface area (Å²) in [6.07, 6.45) is 3.51. The molecule has 1 aromatic carbocycles. The van der Waals surface area contributed by atoms with Gasteiger partial charge in [-0.2, -0.15) is 0 Å². The van der Waals surface area contributed by atoms with Crippen LogP contribution in [-0.4, -0.2) is 59.7 Å². The number of rotatable bonds is 5. The van der Waals surface area contributed by atoms with Gasteiger partial charge in [0.25, 0.3) is 5.91 Å². The standard InChI is InChI=1S/C23H26N4O2/c1-16-5-3-7-19-20(13-21(26-22(16)19)18-6-4-8-24-15-18)23(28)25-14-17(2)27-9-11-29-12-10-27/h3-8,13,15,17H,9-12,14H2,1-2H3,(H,25,28). The molecular formula is C23H26N4O2. The molecular weight excluding hydrogens is 364 g/mol. The molecule has 3 heterocycles. The molecule has 29 heavy (non-hydrogen) atoms. The SMILES string of the molecule is Cc1cccc2c(C(=O)NCC(C)N3CCOCC3)cc(-c3cccnc3)nc12. The predicted octanol–water partition coefficient (Wildman–Crippen LogP) is 3.06. The molecule has 0 spiro atoms. The Morgan fingerprint density at radius 3 is 2.83 bits per heavy atom. The van der Waals surface area contributed by atoms with E-state index in [4.69, 9.17) is 9.72 Å². The van der Waals surface area contributed by atoms with Crippen LogP contribution in [0.3, 0.4) is 0 Å². The number of amides is 1. The fourth-order valence-electron chi connectivity index (χ4n) is 3.72. The first kappa shape index (κ1) is 19.5. The molecule has 1 fully saturated rings. The highest BCUT2D eigenvalue weighted by atomic mass is 16.5. The van der Waals surface area contributed by atoms with Crippen LogP contribution in [0, 0.1) is 6.92 Å². The van der Waals surface area contributed by atoms with Crippen molar-refractivity contribution in [3.63, 3.8) is 0 Å². The van der Waals surface area contributed by atoms with Crippen LogP contribution in [-0.2, 0) is 4.74 Å². The fraction of sp³-hybridized carbons (Fsp3) is 0.348. The van der Waals surface area contributed by atoms with Gasteiger partial charge in [0.2, 0.25) is 0 Å². The first-order chi connectivity index (χ1) is 14.1. The molecule has 1 amide bonds. The summed E-state index contributed by atoms with van der Waals surface area (Å²) in [6, 6.07) is 11.9. The minimum atomic E-state index is -0.0757. The lowest BCUT2D eigenvalue weighted by Gasteiger charge is -2.32. The lowest BCUT2D eigenvalue weighted by molar-refractivity contribution is 0.0204. The Kier molecular flexibility index (Phi) is 5.83. The number of fused-ring (bicyclic) bond motifs is 1. The van der Waals surface area contributed by atoms with Crippen LogP contribution in [0.1, 0.15) is 22.8 Å². The first-order valence-electron chi connectivity index (χ1n) is 10.0. The van der Waals surface area contributed by atoms with Crippen LogP contribution in [0.4, 0.5) is 0 Å². The summed E-state index contributed by atoms with van der Waals surface area (Å²) in [4.78, 5) is 24.5. The van der Waals surface area contributed by atoms with E-state index in [1.165, 1.54) is 0 Å². The highest BCUT2D eigenvalue weighted by molar-refractivity contribution is 6.07. The number of para-hydroxylation sites is 1. The molecule has 2 aromatic heterocycles. The normalized spacial score (nSPS) is 15.9. The van der Waals surface area contributed by atoms with Gasteiger partial charge in [0.05, 0.1) is 30.0 Å². The van der Waals surface area contributed by atoms with E-state index in [1.54, 1.807) is 12.4 Å². The van der Waals surface area contributed by atoms with Crippen LogP contribution in [0.5, 0.6) is 0 Å². The van der Waals surface area contributed by atoms with Gasteiger partial charge in [-0.25, -0.2) is 4.98 Å². The first-order valence-corrected chi connectivity index (χ1v) is 10.0. The third-order valence-corrected chi connectivity index (χ3v) is 5.47. The maximum absolute atomic E-state index is 13.1. The topological polar surface area (TPSA) is 67.4 Å². The highest BCUT2D eigenvalue weighted by Gasteiger charge is 2.19. The second-order valence-corrected chi connectivity index (χ2v) is 7.48. The minimum absolute atomic E-state index is 0.0757. The van der Waals surface area contributed by atoms with Crippen LogP contribution < -0.4 is 5.32 Å². The summed E-state index contributed by atoms with van der Waals surface area (Å²) < 4.78 is 5.42. The van der Waals surface area contributed by atoms with Crippen molar-refractivity contribution in [2.45, 2.75) is 19.9 Å². The Hall–Kier alpha value is -2.83. The molecule has 0 aliphatic carbocycles. The summed E-state index contributed by atoms with van der Waals surface area (Å²) in [5.41, 5.74) is 4.19. The number of aromatic nitrogens is 2. The summed E-state index contributed by atoms with van der Waals surface area (Å²) in [6.45, 7) is 8.06. The molecule has 1 N–H and O–H groups in total. The van der Waals surface area contributed by atoms with E-state index >= 15 is 0 Å². The van der Waals surface area contributed by atoms with Gasteiger partial charge in [-0.3, -0.25) is 14.7 Å². The largest absolute Gasteiger partial charge is 0.379 e. The molecule has 6 heteroatoms. The van der Waals surface area contributed by atoms with Gasteiger partial charge in [0.15, 0.2) is 0 Å². The van der Waals surface area contributed by atoms with Crippen LogP contribution >= 0.6 is 0 Å². The third kappa shape index (κ3) is 4.28. The Morgan fingerprint density at radius 1 is 1.24 bits per heavy atom. The van der Waals surface area contributed by atoms with Crippen LogP contribution in [0.25, 0.3) is 22.2 Å². The van der Waals surface area contributed by atoms with Gasteiger partial charge in [-0.05, 0) is 37.6 Å². The van der Waals surface area contributed by atoms with E-state index in [0.29, 0.717) is 12.1 Å². The van der Waals surface area contributed by atoms with E-state index in [9.17, 15) is 4.79 Å². The molecule has 1 aliphatic rings. The number of nitrogens with one attached hydrogen (secondary N) is 1. The summed E-state index contributed by atoms with van der Waals surface area (Å²) >= 11 is 0. The number of morpholine rings is 1. The summed E-state index contributed by atoms with van der Waals surface area (Å²) in [7, 11) is 0. The number of benzene rings is 1. The lowest BCUT2D eigenvalue weighted by atomic mass is 10.0. The van der Waals surface area contributed by atoms with E-state index in [0.717, 1.165) is 54.0 Å². The summed E-state index contributed by atoms with van der Waals surface area (Å²) in [5.74, 6) is -0.0757. The van der Waals surface area contributed by atoms with Crippen molar-refractivity contribution in [2.24, 2.45) is 0 Å². The average Bonchev–Trinajstić information content (AvgIpc) is 2.78. The maximum Gasteiger partial charge on any atom is 0.252 e. The number of pyridine rings is 2. The van der Waals surface area contributed by atoms with E-state index in [2.05, 4.69) is 22.1 Å². The second-order valence-electron chi connectivity index (χ2n) is 7.48. The molecule has 1 saturated heterocycles. The Labute approximate surface area is 170 Å². The number of aryl methyl sites for hydroxylation is 1. The quantitative estimate of drug-likeness (QED) is 0.725. The zero-order valence-electron chi connectivity index (χ0n) is 16.9. The molecule has 4 rings (SSSR count). The van der Waals surface area contributed by atoms with Crippen molar-refractivity contribution in [1.82, 2.24) is 20.2 Å². The van der Waals surface area contributed by atoms with Gasteiger partial charge in [-0.1, -0.05) is 18.2 Å². The van der Waals surface area contributed by atoms with Crippen LogP contribution in [0.2, 0.25) is 0 Å². The Balaban J connectivity index is 1.63. The zero-order chi connectivity index (χ0) is 20.2. The van der Waals surface area contributed by atoms with Gasteiger partial charge in [0.1, 0.15) is 0 Å². The molecule has 3 aromatic rings. The van der Waals surface area contributed by atoms with Crippen molar-refractivity contribution in [3.8, 4) is 11.3 Å². The smallest absolute Gasteiger partial charge is 0.252 e. The molecule has 1 unspecified atom stereocenters. The lowest BCUT2D eigenvalue weighted by Crippen LogP contribution is -2.47. The second kappa shape index (κ2) is 8.68. The van der Waals surface area contributed by atoms with Gasteiger partial charge < -0.3 is 10.1 Å². The number of hydrogen-bond acceptors (Lipinski definition) is 5. The number of carbonyl (C=O) groups excluding carboxylic acids is 1. The number of ether oxygens (including phenoxy) is 1. The Morgan fingerprint density at radius 2 is 2.07 bits per heavy atom. The van der Waals surface area contributed by atoms with Gasteiger partial charge >= 0.3 is 0 Å². The molecule has 0 radical (unpaired) electrons. The Bertz CT molecular complexity index is 1000. The minimum Gasteiger partial charge on any atom is -0.379 e. The zero-order valence-corrected chi connectivity index (χ0v) is 16.9. The fourth-order valence-corrected chi connectivity index (χ4v) is 3.72. The number of carbonyl (C=O) groups is 1. The molecule has 0 bridgehead atoms. The van der Waals surface area contributed by atoms with Crippen molar-refractivity contribution in [1.29, 1.82) is 0 Å². The van der Waals surface area contributed by atoms with Crippen LogP contribution in [0.15, 0.2) is 48.8 Å². The highest BCUT2D eigenvalue weighted by Crippen LogP contribution is 2.26. The maximum atomic E-state index is 13.1. The van der Waals surface area contributed by atoms with E-state index < -0.39 is 0 Å². The van der Waals surface area contributed by atoms with E-state index in [-0.39, 0.29) is 11.9 Å². The predicted molar refractivity (Wildman–Crippen MR) is 114 cm³/mol. The summed E-state index contributed by atoms with van der Waals surface area (Å²) in [5, 5.41) is 3.99. The average molecular weight is 390 g/mol. The van der Waals surface area contributed by atoms with E-state index in [1.807, 2.05) is 43.3 Å². The molecule has 150 valence electrons. The third-order valence-electron chi connectivity index (χ3n) is 5.47. The monoisotopic (exact) mass is 390 g/mol. The van der Waals surface area contributed by atoms with Gasteiger partial charge in [-0.15, -0.1) is 0 Å². The van der Waals surface area contributed by atoms with Crippen molar-refractivity contribution >= 4 is 16.8 Å². The van der Waals surface area contributed by atoms with Crippen molar-refractivity contribution in [3.05, 3.63) is 59.9 Å².